The molecule has 0 aliphatic heterocycles. The second kappa shape index (κ2) is 3.02. The summed E-state index contributed by atoms with van der Waals surface area (Å²) in [7, 11) is 0. The molecule has 0 spiro atoms. The minimum atomic E-state index is -0.0921. The minimum Gasteiger partial charge on any atom is -0.391 e. The lowest BCUT2D eigenvalue weighted by atomic mass is 10.3. The molecule has 52 valence electrons. The van der Waals surface area contributed by atoms with Crippen molar-refractivity contribution in [3.8, 4) is 6.07 Å². The van der Waals surface area contributed by atoms with Crippen LogP contribution in [0.15, 0.2) is 5.38 Å². The van der Waals surface area contributed by atoms with Crippen molar-refractivity contribution in [3.05, 3.63) is 20.8 Å². The normalized spacial score (nSPS) is 9.30. The SMILES string of the molecule is N#Cc1csc(CO)c1Cl. The lowest BCUT2D eigenvalue weighted by Crippen LogP contribution is -1.76. The van der Waals surface area contributed by atoms with Crippen molar-refractivity contribution >= 4 is 22.9 Å². The van der Waals surface area contributed by atoms with Crippen LogP contribution in [0.3, 0.4) is 0 Å². The van der Waals surface area contributed by atoms with Crippen molar-refractivity contribution in [2.24, 2.45) is 0 Å². The highest BCUT2D eigenvalue weighted by Crippen LogP contribution is 2.26. The molecular weight excluding hydrogens is 170 g/mol. The zero-order valence-electron chi connectivity index (χ0n) is 4.97. The number of thiophene rings is 1. The fourth-order valence-electron chi connectivity index (χ4n) is 0.566. The second-order valence-electron chi connectivity index (χ2n) is 1.66. The lowest BCUT2D eigenvalue weighted by Gasteiger charge is -1.87. The van der Waals surface area contributed by atoms with Gasteiger partial charge in [-0.1, -0.05) is 11.6 Å². The summed E-state index contributed by atoms with van der Waals surface area (Å²) < 4.78 is 0. The first kappa shape index (κ1) is 7.55. The van der Waals surface area contributed by atoms with E-state index in [4.69, 9.17) is 22.0 Å². The highest BCUT2D eigenvalue weighted by Gasteiger charge is 2.06. The number of rotatable bonds is 1. The van der Waals surface area contributed by atoms with Gasteiger partial charge in [-0.05, 0) is 0 Å². The van der Waals surface area contributed by atoms with Gasteiger partial charge in [-0.15, -0.1) is 11.3 Å². The van der Waals surface area contributed by atoms with Gasteiger partial charge in [-0.25, -0.2) is 0 Å². The third-order valence-electron chi connectivity index (χ3n) is 1.06. The molecule has 4 heteroatoms. The quantitative estimate of drug-likeness (QED) is 0.704. The average Bonchev–Trinajstić information content (AvgIpc) is 2.30. The third kappa shape index (κ3) is 1.14. The molecule has 0 radical (unpaired) electrons. The van der Waals surface area contributed by atoms with Gasteiger partial charge in [0.05, 0.1) is 17.2 Å². The molecule has 0 aromatic carbocycles. The van der Waals surface area contributed by atoms with Gasteiger partial charge in [-0.2, -0.15) is 5.26 Å². The minimum absolute atomic E-state index is 0.0921. The monoisotopic (exact) mass is 173 g/mol. The zero-order chi connectivity index (χ0) is 7.56. The molecule has 0 fully saturated rings. The summed E-state index contributed by atoms with van der Waals surface area (Å²) >= 11 is 6.95. The maximum atomic E-state index is 8.64. The van der Waals surface area contributed by atoms with E-state index in [1.54, 1.807) is 5.38 Å². The van der Waals surface area contributed by atoms with Gasteiger partial charge in [0.2, 0.25) is 0 Å². The van der Waals surface area contributed by atoms with Crippen molar-refractivity contribution in [1.29, 1.82) is 5.26 Å². The Labute approximate surface area is 67.3 Å². The highest BCUT2D eigenvalue weighted by molar-refractivity contribution is 7.10. The van der Waals surface area contributed by atoms with Crippen LogP contribution in [0.25, 0.3) is 0 Å². The standard InChI is InChI=1S/C6H4ClNOS/c7-6-4(1-8)3-10-5(6)2-9/h3,9H,2H2. The van der Waals surface area contributed by atoms with Gasteiger partial charge < -0.3 is 5.11 Å². The van der Waals surface area contributed by atoms with Crippen molar-refractivity contribution in [2.75, 3.05) is 0 Å². The van der Waals surface area contributed by atoms with Gasteiger partial charge >= 0.3 is 0 Å². The first-order valence-corrected chi connectivity index (χ1v) is 3.82. The van der Waals surface area contributed by atoms with Crippen LogP contribution in [0.4, 0.5) is 0 Å². The topological polar surface area (TPSA) is 44.0 Å². The second-order valence-corrected chi connectivity index (χ2v) is 3.00. The third-order valence-corrected chi connectivity index (χ3v) is 2.58. The summed E-state index contributed by atoms with van der Waals surface area (Å²) in [6, 6.07) is 1.92. The van der Waals surface area contributed by atoms with Crippen LogP contribution in [0.5, 0.6) is 0 Å². The summed E-state index contributed by atoms with van der Waals surface area (Å²) in [5.74, 6) is 0. The maximum absolute atomic E-state index is 8.64. The lowest BCUT2D eigenvalue weighted by molar-refractivity contribution is 0.285. The molecule has 1 aromatic rings. The van der Waals surface area contributed by atoms with Crippen LogP contribution in [0, 0.1) is 11.3 Å². The fourth-order valence-corrected chi connectivity index (χ4v) is 1.64. The van der Waals surface area contributed by atoms with Gasteiger partial charge in [-0.3, -0.25) is 0 Å². The summed E-state index contributed by atoms with van der Waals surface area (Å²) in [5.41, 5.74) is 0.440. The highest BCUT2D eigenvalue weighted by atomic mass is 35.5. The molecule has 0 atom stereocenters. The van der Waals surface area contributed by atoms with Crippen LogP contribution in [0.1, 0.15) is 10.4 Å². The van der Waals surface area contributed by atoms with Gasteiger partial charge in [0, 0.05) is 10.3 Å². The van der Waals surface area contributed by atoms with E-state index in [1.807, 2.05) is 6.07 Å². The molecular formula is C6H4ClNOS. The van der Waals surface area contributed by atoms with Gasteiger partial charge in [0.25, 0.3) is 0 Å². The molecule has 0 aliphatic carbocycles. The first-order valence-electron chi connectivity index (χ1n) is 2.56. The number of halogens is 1. The number of nitrogens with zero attached hydrogens (tertiary/aromatic N) is 1. The van der Waals surface area contributed by atoms with E-state index in [9.17, 15) is 0 Å². The van der Waals surface area contributed by atoms with Crippen molar-refractivity contribution in [3.63, 3.8) is 0 Å². The largest absolute Gasteiger partial charge is 0.391 e. The van der Waals surface area contributed by atoms with Crippen molar-refractivity contribution < 1.29 is 5.11 Å². The van der Waals surface area contributed by atoms with E-state index < -0.39 is 0 Å². The number of aliphatic hydroxyl groups is 1. The summed E-state index contributed by atoms with van der Waals surface area (Å²) in [5, 5.41) is 19.1. The Morgan fingerprint density at radius 2 is 2.50 bits per heavy atom. The predicted molar refractivity (Wildman–Crippen MR) is 40.0 cm³/mol. The summed E-state index contributed by atoms with van der Waals surface area (Å²) in [6.07, 6.45) is 0. The molecule has 0 amide bonds. The van der Waals surface area contributed by atoms with E-state index in [0.29, 0.717) is 15.5 Å². The smallest absolute Gasteiger partial charge is 0.102 e. The summed E-state index contributed by atoms with van der Waals surface area (Å²) in [6.45, 7) is -0.0921. The maximum Gasteiger partial charge on any atom is 0.102 e. The van der Waals surface area contributed by atoms with E-state index in [0.717, 1.165) is 0 Å². The van der Waals surface area contributed by atoms with Crippen LogP contribution < -0.4 is 0 Å². The molecule has 0 bridgehead atoms. The predicted octanol–water partition coefficient (Wildman–Crippen LogP) is 1.77. The van der Waals surface area contributed by atoms with Crippen LogP contribution in [-0.4, -0.2) is 5.11 Å². The Hall–Kier alpha value is -0.560. The first-order chi connectivity index (χ1) is 4.79. The number of hydrogen-bond donors (Lipinski definition) is 1. The van der Waals surface area contributed by atoms with Crippen molar-refractivity contribution in [2.45, 2.75) is 6.61 Å². The molecule has 1 rings (SSSR count). The molecule has 2 nitrogen and oxygen atoms in total. The van der Waals surface area contributed by atoms with Crippen LogP contribution in [0.2, 0.25) is 5.02 Å². The van der Waals surface area contributed by atoms with Crippen LogP contribution in [-0.2, 0) is 6.61 Å². The molecule has 0 unspecified atom stereocenters. The molecule has 0 aliphatic rings. The average molecular weight is 174 g/mol. The summed E-state index contributed by atoms with van der Waals surface area (Å²) in [4.78, 5) is 0.651. The molecule has 0 saturated carbocycles. The number of hydrogen-bond acceptors (Lipinski definition) is 3. The van der Waals surface area contributed by atoms with E-state index in [-0.39, 0.29) is 6.61 Å². The number of nitriles is 1. The van der Waals surface area contributed by atoms with E-state index in [2.05, 4.69) is 0 Å². The molecule has 1 heterocycles. The molecule has 1 aromatic heterocycles. The molecule has 0 saturated heterocycles. The van der Waals surface area contributed by atoms with Gasteiger partial charge in [0.15, 0.2) is 0 Å². The van der Waals surface area contributed by atoms with Crippen LogP contribution >= 0.6 is 22.9 Å². The molecule has 10 heavy (non-hydrogen) atoms. The van der Waals surface area contributed by atoms with E-state index >= 15 is 0 Å². The zero-order valence-corrected chi connectivity index (χ0v) is 6.54. The Morgan fingerprint density at radius 1 is 1.80 bits per heavy atom. The Balaban J connectivity index is 3.12. The molecule has 1 N–H and O–H groups in total. The van der Waals surface area contributed by atoms with E-state index in [1.165, 1.54) is 11.3 Å². The Kier molecular flexibility index (Phi) is 2.28. The Bertz CT molecular complexity index is 276. The number of aliphatic hydroxyl groups excluding tert-OH is 1. The van der Waals surface area contributed by atoms with Crippen molar-refractivity contribution in [1.82, 2.24) is 0 Å². The fraction of sp³-hybridized carbons (Fsp3) is 0.167. The Morgan fingerprint density at radius 3 is 2.80 bits per heavy atom. The van der Waals surface area contributed by atoms with Gasteiger partial charge in [0.1, 0.15) is 6.07 Å².